The zero-order chi connectivity index (χ0) is 28.1. The van der Waals surface area contributed by atoms with Crippen molar-refractivity contribution in [3.8, 4) is 11.5 Å². The van der Waals surface area contributed by atoms with Crippen LogP contribution in [0.5, 0.6) is 11.5 Å². The standard InChI is InChI=1S/C29H38N4O6S/c1-2-21-8-5-7-13-31(21)26(35)18-33-22-12-15-40-27(22)28(36)32(29(33)37)14-6-3-4-9-25(34)30-17-20-10-11-23-24(16-20)39-19-38-23/h10-12,15-16,21-22,27H,2-9,13-14,17-19H2,1H3,(H,30,34). The summed E-state index contributed by atoms with van der Waals surface area (Å²) in [5.41, 5.74) is 0.936. The summed E-state index contributed by atoms with van der Waals surface area (Å²) < 4.78 is 10.7. The maximum Gasteiger partial charge on any atom is 0.327 e. The monoisotopic (exact) mass is 570 g/mol. The minimum absolute atomic E-state index is 0.00524. The van der Waals surface area contributed by atoms with Crippen molar-refractivity contribution in [1.29, 1.82) is 0 Å². The number of benzene rings is 1. The van der Waals surface area contributed by atoms with Crippen LogP contribution in [0.15, 0.2) is 29.7 Å². The van der Waals surface area contributed by atoms with E-state index < -0.39 is 11.3 Å². The van der Waals surface area contributed by atoms with E-state index in [1.54, 1.807) is 4.90 Å². The summed E-state index contributed by atoms with van der Waals surface area (Å²) in [7, 11) is 0. The lowest BCUT2D eigenvalue weighted by atomic mass is 9.99. The second-order valence-electron chi connectivity index (χ2n) is 10.7. The molecule has 0 saturated carbocycles. The third-order valence-corrected chi connectivity index (χ3v) is 9.18. The van der Waals surface area contributed by atoms with Crippen LogP contribution >= 0.6 is 11.8 Å². The van der Waals surface area contributed by atoms with E-state index in [9.17, 15) is 19.2 Å². The molecular weight excluding hydrogens is 532 g/mol. The Morgan fingerprint density at radius 3 is 2.80 bits per heavy atom. The fourth-order valence-corrected chi connectivity index (χ4v) is 6.90. The molecule has 1 N–H and O–H groups in total. The van der Waals surface area contributed by atoms with Gasteiger partial charge < -0.3 is 24.6 Å². The van der Waals surface area contributed by atoms with Gasteiger partial charge in [-0.3, -0.25) is 19.3 Å². The van der Waals surface area contributed by atoms with Gasteiger partial charge in [0.2, 0.25) is 24.5 Å². The van der Waals surface area contributed by atoms with Gasteiger partial charge in [0.1, 0.15) is 11.8 Å². The minimum atomic E-state index is -0.407. The first-order chi connectivity index (χ1) is 19.5. The van der Waals surface area contributed by atoms with Crippen molar-refractivity contribution in [1.82, 2.24) is 20.0 Å². The van der Waals surface area contributed by atoms with E-state index in [1.807, 2.05) is 34.6 Å². The van der Waals surface area contributed by atoms with E-state index in [1.165, 1.54) is 16.7 Å². The number of carbonyl (C=O) groups excluding carboxylic acids is 4. The molecule has 0 spiro atoms. The Labute approximate surface area is 239 Å². The lowest BCUT2D eigenvalue weighted by Crippen LogP contribution is -2.63. The van der Waals surface area contributed by atoms with Gasteiger partial charge in [-0.1, -0.05) is 25.5 Å². The van der Waals surface area contributed by atoms with Crippen molar-refractivity contribution >= 4 is 35.5 Å². The third-order valence-electron chi connectivity index (χ3n) is 8.09. The number of amides is 5. The molecule has 4 aliphatic heterocycles. The van der Waals surface area contributed by atoms with E-state index in [0.29, 0.717) is 43.7 Å². The van der Waals surface area contributed by atoms with Crippen LogP contribution in [-0.4, -0.2) is 82.2 Å². The molecule has 10 nitrogen and oxygen atoms in total. The summed E-state index contributed by atoms with van der Waals surface area (Å²) in [6, 6.07) is 5.04. The topological polar surface area (TPSA) is 108 Å². The lowest BCUT2D eigenvalue weighted by Gasteiger charge is -2.43. The molecule has 3 unspecified atom stereocenters. The molecule has 5 rings (SSSR count). The van der Waals surface area contributed by atoms with Gasteiger partial charge >= 0.3 is 6.03 Å². The minimum Gasteiger partial charge on any atom is -0.454 e. The molecule has 4 aliphatic rings. The van der Waals surface area contributed by atoms with E-state index in [-0.39, 0.29) is 49.7 Å². The average Bonchev–Trinajstić information content (AvgIpc) is 3.65. The van der Waals surface area contributed by atoms with Crippen LogP contribution in [0.2, 0.25) is 0 Å². The molecule has 0 aliphatic carbocycles. The molecule has 11 heteroatoms. The van der Waals surface area contributed by atoms with Crippen molar-refractivity contribution in [2.45, 2.75) is 82.2 Å². The Balaban J connectivity index is 1.08. The fraction of sp³-hybridized carbons (Fsp3) is 0.586. The molecule has 4 heterocycles. The van der Waals surface area contributed by atoms with Crippen molar-refractivity contribution in [3.63, 3.8) is 0 Å². The van der Waals surface area contributed by atoms with Gasteiger partial charge in [-0.15, -0.1) is 11.8 Å². The van der Waals surface area contributed by atoms with Gasteiger partial charge in [0.25, 0.3) is 0 Å². The first kappa shape index (κ1) is 28.3. The van der Waals surface area contributed by atoms with Crippen LogP contribution in [0.4, 0.5) is 4.79 Å². The molecular formula is C29H38N4O6S. The highest BCUT2D eigenvalue weighted by Crippen LogP contribution is 2.35. The number of hydrogen-bond acceptors (Lipinski definition) is 7. The Morgan fingerprint density at radius 2 is 1.95 bits per heavy atom. The Morgan fingerprint density at radius 1 is 1.10 bits per heavy atom. The number of imide groups is 1. The Bertz CT molecular complexity index is 1160. The highest BCUT2D eigenvalue weighted by atomic mass is 32.2. The molecule has 2 fully saturated rings. The molecule has 40 heavy (non-hydrogen) atoms. The number of piperidine rings is 1. The van der Waals surface area contributed by atoms with E-state index in [0.717, 1.165) is 37.8 Å². The molecule has 0 bridgehead atoms. The Kier molecular flexibility index (Phi) is 9.18. The van der Waals surface area contributed by atoms with Crippen molar-refractivity contribution < 1.29 is 28.7 Å². The SMILES string of the molecule is CCC1CCCCN1C(=O)CN1C(=O)N(CCCCCC(=O)NCc2ccc3c(c2)OCO3)C(=O)C2SC=CC21. The first-order valence-electron chi connectivity index (χ1n) is 14.3. The number of ether oxygens (including phenoxy) is 2. The zero-order valence-electron chi connectivity index (χ0n) is 23.0. The molecule has 5 amide bonds. The number of fused-ring (bicyclic) bond motifs is 2. The predicted molar refractivity (Wildman–Crippen MR) is 151 cm³/mol. The van der Waals surface area contributed by atoms with Crippen LogP contribution < -0.4 is 14.8 Å². The van der Waals surface area contributed by atoms with Gasteiger partial charge in [0.05, 0.1) is 6.04 Å². The highest BCUT2D eigenvalue weighted by Gasteiger charge is 2.48. The molecule has 1 aromatic rings. The fourth-order valence-electron chi connectivity index (χ4n) is 5.83. The number of thioether (sulfide) groups is 1. The van der Waals surface area contributed by atoms with Gasteiger partial charge in [-0.2, -0.15) is 0 Å². The van der Waals surface area contributed by atoms with Gasteiger partial charge in [0.15, 0.2) is 11.5 Å². The summed E-state index contributed by atoms with van der Waals surface area (Å²) in [5, 5.41) is 4.38. The summed E-state index contributed by atoms with van der Waals surface area (Å²) >= 11 is 1.41. The molecule has 2 saturated heterocycles. The normalized spacial score (nSPS) is 23.5. The summed E-state index contributed by atoms with van der Waals surface area (Å²) in [6.45, 7) is 3.72. The molecule has 1 aromatic carbocycles. The maximum absolute atomic E-state index is 13.4. The number of hydrogen-bond donors (Lipinski definition) is 1. The van der Waals surface area contributed by atoms with Gasteiger partial charge in [0, 0.05) is 32.1 Å². The molecule has 0 radical (unpaired) electrons. The summed E-state index contributed by atoms with van der Waals surface area (Å²) in [5.74, 6) is 1.11. The second kappa shape index (κ2) is 13.0. The highest BCUT2D eigenvalue weighted by molar-refractivity contribution is 8.03. The van der Waals surface area contributed by atoms with Gasteiger partial charge in [-0.25, -0.2) is 4.79 Å². The maximum atomic E-state index is 13.4. The molecule has 3 atom stereocenters. The number of rotatable bonds is 11. The molecule has 0 aromatic heterocycles. The smallest absolute Gasteiger partial charge is 0.327 e. The van der Waals surface area contributed by atoms with E-state index in [4.69, 9.17) is 9.47 Å². The number of unbranched alkanes of at least 4 members (excludes halogenated alkanes) is 2. The number of nitrogens with zero attached hydrogens (tertiary/aromatic N) is 3. The first-order valence-corrected chi connectivity index (χ1v) is 15.3. The largest absolute Gasteiger partial charge is 0.454 e. The summed E-state index contributed by atoms with van der Waals surface area (Å²) in [4.78, 5) is 57.0. The van der Waals surface area contributed by atoms with Crippen LogP contribution in [0, 0.1) is 0 Å². The quantitative estimate of drug-likeness (QED) is 0.405. The van der Waals surface area contributed by atoms with E-state index in [2.05, 4.69) is 12.2 Å². The number of nitrogens with one attached hydrogen (secondary N) is 1. The van der Waals surface area contributed by atoms with Crippen LogP contribution in [-0.2, 0) is 20.9 Å². The second-order valence-corrected chi connectivity index (χ2v) is 11.7. The van der Waals surface area contributed by atoms with Crippen molar-refractivity contribution in [2.75, 3.05) is 26.4 Å². The number of urea groups is 1. The zero-order valence-corrected chi connectivity index (χ0v) is 23.8. The average molecular weight is 571 g/mol. The lowest BCUT2D eigenvalue weighted by molar-refractivity contribution is -0.139. The van der Waals surface area contributed by atoms with Crippen LogP contribution in [0.3, 0.4) is 0 Å². The van der Waals surface area contributed by atoms with Crippen LogP contribution in [0.1, 0.15) is 63.9 Å². The number of likely N-dealkylation sites (tertiary alicyclic amines) is 1. The number of carbonyl (C=O) groups is 4. The Hall–Kier alpha value is -3.21. The van der Waals surface area contributed by atoms with E-state index >= 15 is 0 Å². The predicted octanol–water partition coefficient (Wildman–Crippen LogP) is 3.64. The van der Waals surface area contributed by atoms with Crippen LogP contribution in [0.25, 0.3) is 0 Å². The third kappa shape index (κ3) is 6.24. The summed E-state index contributed by atoms with van der Waals surface area (Å²) in [6.07, 6.45) is 8.21. The van der Waals surface area contributed by atoms with Crippen molar-refractivity contribution in [2.24, 2.45) is 0 Å². The molecule has 216 valence electrons. The van der Waals surface area contributed by atoms with Crippen molar-refractivity contribution in [3.05, 3.63) is 35.2 Å². The van der Waals surface area contributed by atoms with Gasteiger partial charge in [-0.05, 0) is 61.6 Å².